The van der Waals surface area contributed by atoms with Crippen molar-refractivity contribution in [2.75, 3.05) is 24.9 Å². The van der Waals surface area contributed by atoms with Gasteiger partial charge < -0.3 is 15.8 Å². The van der Waals surface area contributed by atoms with Gasteiger partial charge in [-0.05, 0) is 39.8 Å². The number of nitrogens with zero attached hydrogens (tertiary/aromatic N) is 4. The minimum absolute atomic E-state index is 0.00445. The van der Waals surface area contributed by atoms with E-state index in [1.165, 1.54) is 40.0 Å². The van der Waals surface area contributed by atoms with Crippen LogP contribution in [0.4, 0.5) is 10.2 Å². The highest BCUT2D eigenvalue weighted by Gasteiger charge is 2.50. The highest BCUT2D eigenvalue weighted by Crippen LogP contribution is 2.37. The number of rotatable bonds is 6. The third-order valence-corrected chi connectivity index (χ3v) is 7.41. The summed E-state index contributed by atoms with van der Waals surface area (Å²) in [5.74, 6) is -2.03. The van der Waals surface area contributed by atoms with Crippen molar-refractivity contribution in [2.45, 2.75) is 38.0 Å². The number of aliphatic imine (C=N–C) groups is 1. The van der Waals surface area contributed by atoms with Crippen LogP contribution < -0.4 is 11.1 Å². The molecule has 1 atom stereocenters. The Morgan fingerprint density at radius 2 is 2.07 bits per heavy atom. The molecule has 10 nitrogen and oxygen atoms in total. The number of carbonyl (C=O) groups excluding carboxylic acids is 1. The lowest BCUT2D eigenvalue weighted by Crippen LogP contribution is -2.55. The number of halogens is 1. The largest absolute Gasteiger partial charge is 0.386 e. The number of anilines is 1. The molecule has 0 saturated heterocycles. The summed E-state index contributed by atoms with van der Waals surface area (Å²) in [6.07, 6.45) is 1.43. The Balaban J connectivity index is 2.41. The van der Waals surface area contributed by atoms with Gasteiger partial charge in [0.2, 0.25) is 0 Å². The standard InChI is InChI=1S/C18H25FN6O4S/c1-6-12(25-21-10-29-5)15(26)23-13-8-7-11(19)14(22-13)18(4)9-30(27,28)17(2,3)16(20)24-18/h6-8H,9-10H2,1-5H3,(H2,20,24)(H,22,23,26)/b12-6-,25-21?/t18-/m0/s1. The molecule has 0 saturated carbocycles. The highest BCUT2D eigenvalue weighted by molar-refractivity contribution is 7.93. The summed E-state index contributed by atoms with van der Waals surface area (Å²) < 4.78 is 43.4. The zero-order chi connectivity index (χ0) is 22.7. The fourth-order valence-corrected chi connectivity index (χ4v) is 4.40. The molecule has 2 heterocycles. The lowest BCUT2D eigenvalue weighted by molar-refractivity contribution is -0.113. The minimum atomic E-state index is -3.75. The van der Waals surface area contributed by atoms with Gasteiger partial charge in [0.1, 0.15) is 39.1 Å². The number of hydrogen-bond donors (Lipinski definition) is 2. The molecule has 2 rings (SSSR count). The number of amidine groups is 1. The fraction of sp³-hybridized carbons (Fsp3) is 0.500. The molecule has 0 aliphatic carbocycles. The molecular formula is C18H25FN6O4S. The Labute approximate surface area is 174 Å². The summed E-state index contributed by atoms with van der Waals surface area (Å²) in [5, 5.41) is 9.90. The van der Waals surface area contributed by atoms with Crippen molar-refractivity contribution < 1.29 is 22.3 Å². The van der Waals surface area contributed by atoms with E-state index in [1.54, 1.807) is 6.92 Å². The summed E-state index contributed by atoms with van der Waals surface area (Å²) in [7, 11) is -2.32. The lowest BCUT2D eigenvalue weighted by atomic mass is 9.98. The Kier molecular flexibility index (Phi) is 6.72. The molecule has 0 unspecified atom stereocenters. The van der Waals surface area contributed by atoms with Crippen LogP contribution >= 0.6 is 0 Å². The van der Waals surface area contributed by atoms with E-state index in [-0.39, 0.29) is 29.8 Å². The van der Waals surface area contributed by atoms with Gasteiger partial charge in [-0.2, -0.15) is 5.11 Å². The zero-order valence-corrected chi connectivity index (χ0v) is 18.2. The van der Waals surface area contributed by atoms with Crippen LogP contribution in [0.1, 0.15) is 33.4 Å². The number of hydrogen-bond acceptors (Lipinski definition) is 9. The van der Waals surface area contributed by atoms with E-state index in [0.29, 0.717) is 0 Å². The molecule has 0 radical (unpaired) electrons. The maximum Gasteiger partial charge on any atom is 0.276 e. The minimum Gasteiger partial charge on any atom is -0.386 e. The van der Waals surface area contributed by atoms with E-state index >= 15 is 0 Å². The van der Waals surface area contributed by atoms with Crippen molar-refractivity contribution in [3.05, 3.63) is 35.4 Å². The van der Waals surface area contributed by atoms with Crippen LogP contribution in [0.3, 0.4) is 0 Å². The molecule has 0 fully saturated rings. The van der Waals surface area contributed by atoms with Gasteiger partial charge in [0.15, 0.2) is 16.6 Å². The molecule has 0 bridgehead atoms. The quantitative estimate of drug-likeness (QED) is 0.510. The molecule has 1 aliphatic rings. The van der Waals surface area contributed by atoms with Crippen molar-refractivity contribution in [1.82, 2.24) is 4.98 Å². The first-order valence-corrected chi connectivity index (χ1v) is 10.6. The first kappa shape index (κ1) is 23.5. The van der Waals surface area contributed by atoms with Gasteiger partial charge in [-0.3, -0.25) is 9.79 Å². The van der Waals surface area contributed by atoms with Crippen molar-refractivity contribution in [3.8, 4) is 0 Å². The number of carbonyl (C=O) groups is 1. The molecular weight excluding hydrogens is 415 g/mol. The number of azo groups is 1. The van der Waals surface area contributed by atoms with E-state index in [4.69, 9.17) is 10.5 Å². The van der Waals surface area contributed by atoms with Crippen LogP contribution in [0.5, 0.6) is 0 Å². The van der Waals surface area contributed by atoms with Gasteiger partial charge in [0.05, 0.1) is 5.75 Å². The van der Waals surface area contributed by atoms with Gasteiger partial charge in [-0.1, -0.05) is 6.08 Å². The third-order valence-electron chi connectivity index (χ3n) is 4.70. The molecule has 164 valence electrons. The second-order valence-corrected chi connectivity index (χ2v) is 9.89. The van der Waals surface area contributed by atoms with E-state index in [1.807, 2.05) is 0 Å². The first-order valence-electron chi connectivity index (χ1n) is 8.97. The number of allylic oxidation sites excluding steroid dienone is 1. The SMILES string of the molecule is C/C=C(\N=NCOC)C(=O)Nc1ccc(F)c([C@]2(C)CS(=O)(=O)C(C)(C)C(N)=N2)n1. The Hall–Kier alpha value is -2.73. The molecule has 1 aromatic heterocycles. The van der Waals surface area contributed by atoms with Crippen LogP contribution in [-0.4, -0.2) is 49.5 Å². The lowest BCUT2D eigenvalue weighted by Gasteiger charge is -2.37. The summed E-state index contributed by atoms with van der Waals surface area (Å²) in [5.41, 5.74) is 4.10. The molecule has 3 N–H and O–H groups in total. The monoisotopic (exact) mass is 440 g/mol. The Bertz CT molecular complexity index is 1040. The summed E-state index contributed by atoms with van der Waals surface area (Å²) in [4.78, 5) is 20.7. The average molecular weight is 441 g/mol. The summed E-state index contributed by atoms with van der Waals surface area (Å²) in [6, 6.07) is 2.32. The van der Waals surface area contributed by atoms with E-state index in [0.717, 1.165) is 6.07 Å². The second-order valence-electron chi connectivity index (χ2n) is 7.35. The van der Waals surface area contributed by atoms with Crippen molar-refractivity contribution in [3.63, 3.8) is 0 Å². The number of methoxy groups -OCH3 is 1. The molecule has 30 heavy (non-hydrogen) atoms. The number of nitrogens with one attached hydrogen (secondary N) is 1. The van der Waals surface area contributed by atoms with Crippen LogP contribution in [0.15, 0.2) is 39.1 Å². The van der Waals surface area contributed by atoms with Crippen molar-refractivity contribution in [2.24, 2.45) is 21.0 Å². The van der Waals surface area contributed by atoms with Crippen LogP contribution in [-0.2, 0) is 24.9 Å². The third kappa shape index (κ3) is 4.54. The van der Waals surface area contributed by atoms with E-state index in [9.17, 15) is 17.6 Å². The summed E-state index contributed by atoms with van der Waals surface area (Å²) in [6.45, 7) is 5.89. The van der Waals surface area contributed by atoms with Gasteiger partial charge >= 0.3 is 0 Å². The van der Waals surface area contributed by atoms with Crippen molar-refractivity contribution in [1.29, 1.82) is 0 Å². The Morgan fingerprint density at radius 3 is 2.63 bits per heavy atom. The molecule has 1 amide bonds. The number of nitrogens with two attached hydrogens (primary N) is 1. The molecule has 0 spiro atoms. The van der Waals surface area contributed by atoms with Crippen LogP contribution in [0.25, 0.3) is 0 Å². The van der Waals surface area contributed by atoms with Crippen molar-refractivity contribution >= 4 is 27.4 Å². The zero-order valence-electron chi connectivity index (χ0n) is 17.4. The predicted molar refractivity (Wildman–Crippen MR) is 110 cm³/mol. The first-order chi connectivity index (χ1) is 13.9. The smallest absolute Gasteiger partial charge is 0.276 e. The van der Waals surface area contributed by atoms with Crippen LogP contribution in [0.2, 0.25) is 0 Å². The topological polar surface area (TPSA) is 148 Å². The number of aromatic nitrogens is 1. The second kappa shape index (κ2) is 8.56. The van der Waals surface area contributed by atoms with E-state index < -0.39 is 37.6 Å². The molecule has 0 aromatic carbocycles. The number of pyridine rings is 1. The molecule has 1 aromatic rings. The fourth-order valence-electron chi connectivity index (χ4n) is 2.73. The van der Waals surface area contributed by atoms with E-state index in [2.05, 4.69) is 25.5 Å². The maximum atomic E-state index is 14.6. The van der Waals surface area contributed by atoms with Crippen LogP contribution in [0, 0.1) is 5.82 Å². The van der Waals surface area contributed by atoms with Gasteiger partial charge in [-0.15, -0.1) is 5.11 Å². The molecule has 12 heteroatoms. The Morgan fingerprint density at radius 1 is 1.40 bits per heavy atom. The van der Waals surface area contributed by atoms with Gasteiger partial charge in [0, 0.05) is 7.11 Å². The number of amides is 1. The van der Waals surface area contributed by atoms with Gasteiger partial charge in [-0.25, -0.2) is 17.8 Å². The predicted octanol–water partition coefficient (Wildman–Crippen LogP) is 1.90. The number of sulfone groups is 1. The number of ether oxygens (including phenoxy) is 1. The molecule has 1 aliphatic heterocycles. The normalized spacial score (nSPS) is 23.3. The highest BCUT2D eigenvalue weighted by atomic mass is 32.2. The average Bonchev–Trinajstić information content (AvgIpc) is 2.65. The van der Waals surface area contributed by atoms with Gasteiger partial charge in [0.25, 0.3) is 5.91 Å². The summed E-state index contributed by atoms with van der Waals surface area (Å²) >= 11 is 0. The maximum absolute atomic E-state index is 14.6.